The fraction of sp³-hybridized carbons (Fsp3) is 0.611. The molecule has 0 aliphatic rings. The van der Waals surface area contributed by atoms with Crippen molar-refractivity contribution in [1.82, 2.24) is 0 Å². The van der Waals surface area contributed by atoms with E-state index in [0.29, 0.717) is 25.6 Å². The smallest absolute Gasteiger partial charge is 0.261 e. The molecule has 230 valence electrons. The molecule has 1 N–H and O–H groups in total. The third kappa shape index (κ3) is 9.49. The highest BCUT2D eigenvalue weighted by Crippen LogP contribution is 2.39. The summed E-state index contributed by atoms with van der Waals surface area (Å²) in [7, 11) is -4.37. The van der Waals surface area contributed by atoms with E-state index in [1.165, 1.54) is 10.4 Å². The lowest BCUT2D eigenvalue weighted by molar-refractivity contribution is 0.0590. The summed E-state index contributed by atoms with van der Waals surface area (Å²) < 4.78 is 13.7. The van der Waals surface area contributed by atoms with Crippen molar-refractivity contribution in [1.29, 1.82) is 0 Å². The molecule has 41 heavy (non-hydrogen) atoms. The van der Waals surface area contributed by atoms with Crippen LogP contribution in [0.2, 0.25) is 23.2 Å². The average Bonchev–Trinajstić information content (AvgIpc) is 2.88. The van der Waals surface area contributed by atoms with Crippen molar-refractivity contribution in [3.05, 3.63) is 73.3 Å². The van der Waals surface area contributed by atoms with Crippen LogP contribution in [0.4, 0.5) is 0 Å². The lowest BCUT2D eigenvalue weighted by Crippen LogP contribution is -2.66. The van der Waals surface area contributed by atoms with Gasteiger partial charge in [0.1, 0.15) is 0 Å². The third-order valence-electron chi connectivity index (χ3n) is 9.30. The molecule has 0 aliphatic heterocycles. The summed E-state index contributed by atoms with van der Waals surface area (Å²) in [5.74, 6) is 0.580. The maximum absolute atomic E-state index is 11.2. The van der Waals surface area contributed by atoms with Gasteiger partial charge in [-0.25, -0.2) is 0 Å². The van der Waals surface area contributed by atoms with Crippen molar-refractivity contribution in [2.45, 2.75) is 111 Å². The SMILES string of the molecule is C=C[C@@H](CC(O)CC(C)(C)CO[Si](C)(C)C(C)(C)C)[C@H](C)CCO[Si](c1ccccc1)(c1ccccc1)C(C)(C)C. The maximum Gasteiger partial charge on any atom is 0.261 e. The summed E-state index contributed by atoms with van der Waals surface area (Å²) in [6.07, 6.45) is 4.00. The van der Waals surface area contributed by atoms with Crippen LogP contribution in [-0.4, -0.2) is 41.1 Å². The van der Waals surface area contributed by atoms with Crippen molar-refractivity contribution >= 4 is 27.0 Å². The van der Waals surface area contributed by atoms with Gasteiger partial charge in [-0.1, -0.05) is 129 Å². The van der Waals surface area contributed by atoms with E-state index in [-0.39, 0.29) is 21.4 Å². The summed E-state index contributed by atoms with van der Waals surface area (Å²) >= 11 is 0. The Bertz CT molecular complexity index is 1010. The highest BCUT2D eigenvalue weighted by molar-refractivity contribution is 6.99. The van der Waals surface area contributed by atoms with Gasteiger partial charge in [0, 0.05) is 13.2 Å². The number of aliphatic hydroxyl groups excluding tert-OH is 1. The minimum absolute atomic E-state index is 0.0367. The molecule has 0 heterocycles. The number of hydrogen-bond donors (Lipinski definition) is 1. The number of benzene rings is 2. The molecule has 2 aromatic rings. The van der Waals surface area contributed by atoms with Gasteiger partial charge in [0.05, 0.1) is 6.10 Å². The highest BCUT2D eigenvalue weighted by atomic mass is 28.4. The lowest BCUT2D eigenvalue weighted by Gasteiger charge is -2.43. The van der Waals surface area contributed by atoms with Crippen LogP contribution in [0.1, 0.15) is 81.6 Å². The van der Waals surface area contributed by atoms with Crippen LogP contribution in [0.5, 0.6) is 0 Å². The number of rotatable bonds is 15. The second-order valence-electron chi connectivity index (χ2n) is 15.5. The first-order valence-corrected chi connectivity index (χ1v) is 20.4. The van der Waals surface area contributed by atoms with Crippen LogP contribution in [0.3, 0.4) is 0 Å². The lowest BCUT2D eigenvalue weighted by atomic mass is 9.81. The van der Waals surface area contributed by atoms with Crippen molar-refractivity contribution in [2.24, 2.45) is 17.3 Å². The van der Waals surface area contributed by atoms with Gasteiger partial charge in [-0.2, -0.15) is 0 Å². The van der Waals surface area contributed by atoms with E-state index in [1.807, 2.05) is 6.08 Å². The summed E-state index contributed by atoms with van der Waals surface area (Å²) in [6.45, 7) is 30.6. The second kappa shape index (κ2) is 14.3. The Labute approximate surface area is 255 Å². The van der Waals surface area contributed by atoms with Gasteiger partial charge in [0.15, 0.2) is 8.32 Å². The van der Waals surface area contributed by atoms with Gasteiger partial charge >= 0.3 is 0 Å². The Kier molecular flexibility index (Phi) is 12.5. The minimum Gasteiger partial charge on any atom is -0.416 e. The van der Waals surface area contributed by atoms with E-state index >= 15 is 0 Å². The Morgan fingerprint density at radius 2 is 1.29 bits per heavy atom. The van der Waals surface area contributed by atoms with Crippen LogP contribution < -0.4 is 10.4 Å². The molecule has 0 spiro atoms. The van der Waals surface area contributed by atoms with Crippen LogP contribution >= 0.6 is 0 Å². The van der Waals surface area contributed by atoms with E-state index in [1.54, 1.807) is 0 Å². The van der Waals surface area contributed by atoms with Crippen LogP contribution in [0, 0.1) is 17.3 Å². The van der Waals surface area contributed by atoms with E-state index in [2.05, 4.69) is 143 Å². The summed E-state index contributed by atoms with van der Waals surface area (Å²) in [6, 6.07) is 21.7. The van der Waals surface area contributed by atoms with Crippen molar-refractivity contribution in [3.8, 4) is 0 Å². The van der Waals surface area contributed by atoms with Crippen LogP contribution in [-0.2, 0) is 8.85 Å². The third-order valence-corrected chi connectivity index (χ3v) is 18.8. The first-order chi connectivity index (χ1) is 18.9. The highest BCUT2D eigenvalue weighted by Gasteiger charge is 2.50. The van der Waals surface area contributed by atoms with E-state index in [9.17, 15) is 5.11 Å². The first kappa shape index (κ1) is 35.7. The standard InChI is InChI=1S/C36H60O3Si2/c1-13-30(26-31(37)27-36(9,10)28-39-40(11,12)34(3,4)5)29(2)24-25-38-41(35(6,7)8,32-20-16-14-17-21-32)33-22-18-15-19-23-33/h13-23,29-31,37H,1,24-28H2,2-12H3/t29-,30+,31?/m1/s1. The Morgan fingerprint density at radius 1 is 0.805 bits per heavy atom. The van der Waals surface area contributed by atoms with Crippen molar-refractivity contribution < 1.29 is 14.0 Å². The predicted molar refractivity (Wildman–Crippen MR) is 183 cm³/mol. The van der Waals surface area contributed by atoms with E-state index in [4.69, 9.17) is 8.85 Å². The molecule has 1 unspecified atom stereocenters. The number of hydrogen-bond acceptors (Lipinski definition) is 3. The zero-order chi connectivity index (χ0) is 31.1. The monoisotopic (exact) mass is 596 g/mol. The molecule has 0 aliphatic carbocycles. The summed E-state index contributed by atoms with van der Waals surface area (Å²) in [4.78, 5) is 0. The molecule has 0 amide bonds. The molecule has 3 nitrogen and oxygen atoms in total. The van der Waals surface area contributed by atoms with E-state index < -0.39 is 22.7 Å². The molecular weight excluding hydrogens is 537 g/mol. The summed E-state index contributed by atoms with van der Waals surface area (Å²) in [5.41, 5.74) is -0.0870. The van der Waals surface area contributed by atoms with Gasteiger partial charge in [0.25, 0.3) is 8.32 Å². The topological polar surface area (TPSA) is 38.7 Å². The number of allylic oxidation sites excluding steroid dienone is 1. The van der Waals surface area contributed by atoms with Crippen LogP contribution in [0.25, 0.3) is 0 Å². The minimum atomic E-state index is -2.55. The second-order valence-corrected chi connectivity index (χ2v) is 24.6. The molecule has 0 bridgehead atoms. The molecule has 0 saturated heterocycles. The molecule has 2 aromatic carbocycles. The normalized spacial score (nSPS) is 15.8. The van der Waals surface area contributed by atoms with Gasteiger partial charge < -0.3 is 14.0 Å². The maximum atomic E-state index is 11.2. The van der Waals surface area contributed by atoms with Gasteiger partial charge in [0.2, 0.25) is 0 Å². The van der Waals surface area contributed by atoms with Gasteiger partial charge in [-0.15, -0.1) is 6.58 Å². The van der Waals surface area contributed by atoms with Gasteiger partial charge in [-0.3, -0.25) is 0 Å². The molecule has 3 atom stereocenters. The molecule has 0 fully saturated rings. The molecule has 2 rings (SSSR count). The number of aliphatic hydroxyl groups is 1. The largest absolute Gasteiger partial charge is 0.416 e. The zero-order valence-electron chi connectivity index (χ0n) is 28.1. The average molecular weight is 597 g/mol. The Balaban J connectivity index is 2.09. The van der Waals surface area contributed by atoms with Crippen LogP contribution in [0.15, 0.2) is 73.3 Å². The quantitative estimate of drug-likeness (QED) is 0.165. The molecule has 0 radical (unpaired) electrons. The molecule has 5 heteroatoms. The molecule has 0 saturated carbocycles. The molecule has 0 aromatic heterocycles. The van der Waals surface area contributed by atoms with E-state index in [0.717, 1.165) is 12.8 Å². The zero-order valence-corrected chi connectivity index (χ0v) is 30.1. The fourth-order valence-corrected chi connectivity index (χ4v) is 11.4. The van der Waals surface area contributed by atoms with Crippen molar-refractivity contribution in [2.75, 3.05) is 13.2 Å². The predicted octanol–water partition coefficient (Wildman–Crippen LogP) is 8.58. The summed E-state index contributed by atoms with van der Waals surface area (Å²) in [5, 5.41) is 13.9. The van der Waals surface area contributed by atoms with Crippen molar-refractivity contribution in [3.63, 3.8) is 0 Å². The fourth-order valence-electron chi connectivity index (χ4n) is 5.62. The van der Waals surface area contributed by atoms with Gasteiger partial charge in [-0.05, 0) is 70.1 Å². The Hall–Kier alpha value is -1.51. The first-order valence-electron chi connectivity index (χ1n) is 15.6. The Morgan fingerprint density at radius 3 is 1.71 bits per heavy atom. The molecular formula is C36H60O3Si2.